The molecule has 0 aliphatic heterocycles. The van der Waals surface area contributed by atoms with E-state index < -0.39 is 5.97 Å². The number of nitrogens with one attached hydrogen (secondary N) is 1. The van der Waals surface area contributed by atoms with Crippen LogP contribution in [0, 0.1) is 0 Å². The first-order valence-corrected chi connectivity index (χ1v) is 6.44. The van der Waals surface area contributed by atoms with Crippen LogP contribution < -0.4 is 5.32 Å². The Hall–Kier alpha value is -2.70. The molecule has 7 heteroatoms. The molecule has 1 aromatic carbocycles. The van der Waals surface area contributed by atoms with Crippen molar-refractivity contribution in [1.29, 1.82) is 0 Å². The van der Waals surface area contributed by atoms with Crippen LogP contribution >= 0.6 is 0 Å². The largest absolute Gasteiger partial charge is 0.452 e. The van der Waals surface area contributed by atoms with Crippen molar-refractivity contribution in [2.45, 2.75) is 26.9 Å². The molecule has 0 fully saturated rings. The molecule has 7 nitrogen and oxygen atoms in total. The summed E-state index contributed by atoms with van der Waals surface area (Å²) < 4.78 is 10.3. The lowest BCUT2D eigenvalue weighted by Gasteiger charge is -2.05. The van der Waals surface area contributed by atoms with E-state index in [0.29, 0.717) is 23.6 Å². The zero-order chi connectivity index (χ0) is 15.2. The second-order valence-electron chi connectivity index (χ2n) is 4.28. The summed E-state index contributed by atoms with van der Waals surface area (Å²) in [5, 5.41) is 10.1. The molecule has 0 bridgehead atoms. The van der Waals surface area contributed by atoms with E-state index in [1.54, 1.807) is 18.2 Å². The normalized spacial score (nSPS) is 10.2. The molecule has 110 valence electrons. The van der Waals surface area contributed by atoms with Gasteiger partial charge in [0.05, 0.1) is 5.56 Å². The quantitative estimate of drug-likeness (QED) is 0.845. The molecule has 0 aliphatic rings. The van der Waals surface area contributed by atoms with Crippen LogP contribution in [0.25, 0.3) is 0 Å². The summed E-state index contributed by atoms with van der Waals surface area (Å²) in [4.78, 5) is 22.9. The van der Waals surface area contributed by atoms with Crippen molar-refractivity contribution >= 4 is 17.6 Å². The highest BCUT2D eigenvalue weighted by atomic mass is 16.5. The topological polar surface area (TPSA) is 94.3 Å². The summed E-state index contributed by atoms with van der Waals surface area (Å²) >= 11 is 0. The van der Waals surface area contributed by atoms with E-state index in [9.17, 15) is 9.59 Å². The minimum atomic E-state index is -0.529. The number of aromatic nitrogens is 2. The predicted octanol–water partition coefficient (Wildman–Crippen LogP) is 1.95. The standard InChI is InChI=1S/C14H15N3O4/c1-3-12-16-17-13(21-12)8-20-14(19)10-5-4-6-11(7-10)15-9(2)18/h4-7H,3,8H2,1-2H3,(H,15,18). The Labute approximate surface area is 121 Å². The van der Waals surface area contributed by atoms with E-state index in [1.807, 2.05) is 6.92 Å². The minimum absolute atomic E-state index is 0.0871. The van der Waals surface area contributed by atoms with Gasteiger partial charge in [0.25, 0.3) is 5.89 Å². The highest BCUT2D eigenvalue weighted by molar-refractivity contribution is 5.93. The van der Waals surface area contributed by atoms with Gasteiger partial charge in [0.1, 0.15) is 0 Å². The van der Waals surface area contributed by atoms with Gasteiger partial charge in [-0.3, -0.25) is 4.79 Å². The number of nitrogens with zero attached hydrogens (tertiary/aromatic N) is 2. The van der Waals surface area contributed by atoms with Crippen molar-refractivity contribution in [3.8, 4) is 0 Å². The fraction of sp³-hybridized carbons (Fsp3) is 0.286. The molecule has 21 heavy (non-hydrogen) atoms. The summed E-state index contributed by atoms with van der Waals surface area (Å²) in [6, 6.07) is 6.47. The van der Waals surface area contributed by atoms with Gasteiger partial charge in [-0.15, -0.1) is 10.2 Å². The molecule has 0 saturated heterocycles. The number of amides is 1. The van der Waals surface area contributed by atoms with Gasteiger partial charge < -0.3 is 14.5 Å². The van der Waals surface area contributed by atoms with Gasteiger partial charge in [-0.05, 0) is 18.2 Å². The molecule has 0 atom stereocenters. The van der Waals surface area contributed by atoms with Crippen LogP contribution in [0.15, 0.2) is 28.7 Å². The number of benzene rings is 1. The average Bonchev–Trinajstić information content (AvgIpc) is 2.92. The van der Waals surface area contributed by atoms with Gasteiger partial charge in [-0.25, -0.2) is 4.79 Å². The Balaban J connectivity index is 1.98. The third-order valence-electron chi connectivity index (χ3n) is 2.56. The maximum absolute atomic E-state index is 11.9. The second kappa shape index (κ2) is 6.65. The minimum Gasteiger partial charge on any atom is -0.452 e. The van der Waals surface area contributed by atoms with Crippen LogP contribution in [0.5, 0.6) is 0 Å². The van der Waals surface area contributed by atoms with Crippen molar-refractivity contribution in [3.05, 3.63) is 41.6 Å². The van der Waals surface area contributed by atoms with E-state index in [1.165, 1.54) is 13.0 Å². The zero-order valence-electron chi connectivity index (χ0n) is 11.8. The van der Waals surface area contributed by atoms with E-state index >= 15 is 0 Å². The molecule has 1 N–H and O–H groups in total. The molecule has 1 heterocycles. The number of hydrogen-bond acceptors (Lipinski definition) is 6. The Bertz CT molecular complexity index is 651. The van der Waals surface area contributed by atoms with Gasteiger partial charge >= 0.3 is 5.97 Å². The molecule has 2 rings (SSSR count). The molecule has 2 aromatic rings. The van der Waals surface area contributed by atoms with Gasteiger partial charge in [-0.2, -0.15) is 0 Å². The first kappa shape index (κ1) is 14.7. The smallest absolute Gasteiger partial charge is 0.338 e. The lowest BCUT2D eigenvalue weighted by Crippen LogP contribution is -2.09. The van der Waals surface area contributed by atoms with Gasteiger partial charge in [0, 0.05) is 19.0 Å². The first-order valence-electron chi connectivity index (χ1n) is 6.44. The first-order chi connectivity index (χ1) is 10.1. The predicted molar refractivity (Wildman–Crippen MR) is 73.5 cm³/mol. The molecular formula is C14H15N3O4. The van der Waals surface area contributed by atoms with Crippen molar-refractivity contribution in [2.75, 3.05) is 5.32 Å². The average molecular weight is 289 g/mol. The van der Waals surface area contributed by atoms with Crippen molar-refractivity contribution in [3.63, 3.8) is 0 Å². The summed E-state index contributed by atoms with van der Waals surface area (Å²) in [6.45, 7) is 3.19. The van der Waals surface area contributed by atoms with Crippen molar-refractivity contribution < 1.29 is 18.7 Å². The Kier molecular flexibility index (Phi) is 4.65. The number of rotatable bonds is 5. The van der Waals surface area contributed by atoms with Crippen LogP contribution in [0.1, 0.15) is 36.0 Å². The zero-order valence-corrected chi connectivity index (χ0v) is 11.8. The van der Waals surface area contributed by atoms with E-state index in [-0.39, 0.29) is 18.4 Å². The summed E-state index contributed by atoms with van der Waals surface area (Å²) in [7, 11) is 0. The number of esters is 1. The van der Waals surface area contributed by atoms with Crippen LogP contribution in [0.2, 0.25) is 0 Å². The molecule has 0 radical (unpaired) electrons. The molecular weight excluding hydrogens is 274 g/mol. The van der Waals surface area contributed by atoms with E-state index in [2.05, 4.69) is 15.5 Å². The summed E-state index contributed by atoms with van der Waals surface area (Å²) in [6.07, 6.45) is 0.625. The molecule has 1 aromatic heterocycles. The SMILES string of the molecule is CCc1nnc(COC(=O)c2cccc(NC(C)=O)c2)o1. The Morgan fingerprint density at radius 3 is 2.71 bits per heavy atom. The molecule has 0 spiro atoms. The number of hydrogen-bond donors (Lipinski definition) is 1. The third-order valence-corrected chi connectivity index (χ3v) is 2.56. The van der Waals surface area contributed by atoms with Crippen LogP contribution in [0.3, 0.4) is 0 Å². The fourth-order valence-corrected chi connectivity index (χ4v) is 1.63. The van der Waals surface area contributed by atoms with Gasteiger partial charge in [0.15, 0.2) is 6.61 Å². The Morgan fingerprint density at radius 1 is 1.29 bits per heavy atom. The number of aryl methyl sites for hydroxylation is 1. The Morgan fingerprint density at radius 2 is 2.05 bits per heavy atom. The molecule has 0 saturated carbocycles. The van der Waals surface area contributed by atoms with Crippen LogP contribution in [-0.4, -0.2) is 22.1 Å². The second-order valence-corrected chi connectivity index (χ2v) is 4.28. The highest BCUT2D eigenvalue weighted by Crippen LogP contribution is 2.12. The third kappa shape index (κ3) is 4.13. The number of carbonyl (C=O) groups is 2. The number of ether oxygens (including phenoxy) is 1. The lowest BCUT2D eigenvalue weighted by molar-refractivity contribution is -0.114. The van der Waals surface area contributed by atoms with Gasteiger partial charge in [0.2, 0.25) is 11.8 Å². The van der Waals surface area contributed by atoms with Crippen LogP contribution in [-0.2, 0) is 22.6 Å². The lowest BCUT2D eigenvalue weighted by atomic mass is 10.2. The molecule has 1 amide bonds. The molecule has 0 unspecified atom stereocenters. The molecule has 0 aliphatic carbocycles. The van der Waals surface area contributed by atoms with Crippen molar-refractivity contribution in [1.82, 2.24) is 10.2 Å². The summed E-state index contributed by atoms with van der Waals surface area (Å²) in [5.74, 6) is 0.00356. The maximum Gasteiger partial charge on any atom is 0.338 e. The van der Waals surface area contributed by atoms with Crippen molar-refractivity contribution in [2.24, 2.45) is 0 Å². The maximum atomic E-state index is 11.9. The number of anilines is 1. The highest BCUT2D eigenvalue weighted by Gasteiger charge is 2.11. The van der Waals surface area contributed by atoms with E-state index in [0.717, 1.165) is 0 Å². The van der Waals surface area contributed by atoms with E-state index in [4.69, 9.17) is 9.15 Å². The summed E-state index contributed by atoms with van der Waals surface area (Å²) in [5.41, 5.74) is 0.861. The van der Waals surface area contributed by atoms with Crippen LogP contribution in [0.4, 0.5) is 5.69 Å². The number of carbonyl (C=O) groups excluding carboxylic acids is 2. The monoisotopic (exact) mass is 289 g/mol. The van der Waals surface area contributed by atoms with Gasteiger partial charge in [-0.1, -0.05) is 13.0 Å². The fourth-order valence-electron chi connectivity index (χ4n) is 1.63.